The zero-order chi connectivity index (χ0) is 29.8. The Morgan fingerprint density at radius 1 is 1.15 bits per heavy atom. The van der Waals surface area contributed by atoms with Gasteiger partial charge in [0, 0.05) is 55.0 Å². The number of terminal acetylenes is 1. The van der Waals surface area contributed by atoms with Crippen LogP contribution >= 0.6 is 11.6 Å². The summed E-state index contributed by atoms with van der Waals surface area (Å²) < 4.78 is 25.1. The summed E-state index contributed by atoms with van der Waals surface area (Å²) in [6.07, 6.45) is 9.93. The lowest BCUT2D eigenvalue weighted by atomic mass is 9.93. The van der Waals surface area contributed by atoms with Gasteiger partial charge in [-0.05, 0) is 62.7 Å². The molecule has 0 aliphatic carbocycles. The normalized spacial score (nSPS) is 13.7. The van der Waals surface area contributed by atoms with Crippen LogP contribution in [0.4, 0.5) is 10.2 Å². The minimum absolute atomic E-state index is 0.0378. The quantitative estimate of drug-likeness (QED) is 0.283. The van der Waals surface area contributed by atoms with Crippen LogP contribution in [-0.4, -0.2) is 72.4 Å². The molecule has 2 aromatic heterocycles. The van der Waals surface area contributed by atoms with Crippen molar-refractivity contribution >= 4 is 23.4 Å². The van der Waals surface area contributed by atoms with Crippen LogP contribution in [0.3, 0.4) is 0 Å². The zero-order valence-electron chi connectivity index (χ0n) is 23.4. The fourth-order valence-corrected chi connectivity index (χ4v) is 4.88. The van der Waals surface area contributed by atoms with Gasteiger partial charge in [0.2, 0.25) is 5.88 Å². The predicted octanol–water partition coefficient (Wildman–Crippen LogP) is 5.44. The van der Waals surface area contributed by atoms with Crippen molar-refractivity contribution < 1.29 is 23.8 Å². The highest BCUT2D eigenvalue weighted by Gasteiger charge is 2.23. The van der Waals surface area contributed by atoms with Crippen molar-refractivity contribution in [3.8, 4) is 18.7 Å². The third-order valence-electron chi connectivity index (χ3n) is 6.98. The van der Waals surface area contributed by atoms with E-state index in [1.807, 2.05) is 19.1 Å². The van der Waals surface area contributed by atoms with E-state index in [0.717, 1.165) is 43.7 Å². The SMILES string of the molecule is C#C.COCCN(CCN1CCC(c2cccc(OCc3ccc(Cl)cc3F)n2)CC1)c1nc(C(=O)O)ccc1C. The van der Waals surface area contributed by atoms with Gasteiger partial charge in [0.1, 0.15) is 18.2 Å². The van der Waals surface area contributed by atoms with E-state index in [4.69, 9.17) is 26.1 Å². The molecular weight excluding hydrogens is 547 g/mol. The Bertz CT molecular complexity index is 1310. The number of halogens is 2. The van der Waals surface area contributed by atoms with Gasteiger partial charge in [-0.15, -0.1) is 12.8 Å². The van der Waals surface area contributed by atoms with E-state index >= 15 is 0 Å². The van der Waals surface area contributed by atoms with Crippen molar-refractivity contribution in [3.63, 3.8) is 0 Å². The van der Waals surface area contributed by atoms with Crippen LogP contribution in [-0.2, 0) is 11.3 Å². The molecule has 0 radical (unpaired) electrons. The van der Waals surface area contributed by atoms with Gasteiger partial charge in [-0.1, -0.05) is 29.8 Å². The maximum atomic E-state index is 14.1. The molecule has 0 bridgehead atoms. The third kappa shape index (κ3) is 9.15. The number of rotatable bonds is 12. The summed E-state index contributed by atoms with van der Waals surface area (Å²) >= 11 is 5.83. The van der Waals surface area contributed by atoms with Crippen LogP contribution in [0.1, 0.15) is 46.1 Å². The first-order chi connectivity index (χ1) is 19.8. The molecule has 10 heteroatoms. The Morgan fingerprint density at radius 3 is 2.59 bits per heavy atom. The van der Waals surface area contributed by atoms with Gasteiger partial charge in [-0.2, -0.15) is 0 Å². The highest BCUT2D eigenvalue weighted by Crippen LogP contribution is 2.28. The number of methoxy groups -OCH3 is 1. The number of aromatic nitrogens is 2. The Labute approximate surface area is 246 Å². The smallest absolute Gasteiger partial charge is 0.354 e. The number of pyridine rings is 2. The number of carboxylic acid groups (broad SMARTS) is 1. The molecule has 41 heavy (non-hydrogen) atoms. The molecule has 0 atom stereocenters. The molecule has 1 aliphatic rings. The maximum absolute atomic E-state index is 14.1. The molecule has 1 aromatic carbocycles. The van der Waals surface area contributed by atoms with E-state index in [-0.39, 0.29) is 12.3 Å². The monoisotopic (exact) mass is 582 g/mol. The molecule has 0 spiro atoms. The Kier molecular flexibility index (Phi) is 12.3. The van der Waals surface area contributed by atoms with E-state index in [2.05, 4.69) is 27.6 Å². The van der Waals surface area contributed by atoms with Crippen LogP contribution in [0.5, 0.6) is 5.88 Å². The highest BCUT2D eigenvalue weighted by molar-refractivity contribution is 6.30. The van der Waals surface area contributed by atoms with Gasteiger partial charge in [0.25, 0.3) is 0 Å². The summed E-state index contributed by atoms with van der Waals surface area (Å²) in [4.78, 5) is 25.1. The number of aryl methyl sites for hydroxylation is 1. The molecule has 0 unspecified atom stereocenters. The lowest BCUT2D eigenvalue weighted by Crippen LogP contribution is -2.41. The molecular formula is C31H36ClFN4O4. The van der Waals surface area contributed by atoms with E-state index in [9.17, 15) is 14.3 Å². The molecule has 0 amide bonds. The average Bonchev–Trinajstić information content (AvgIpc) is 2.98. The van der Waals surface area contributed by atoms with Crippen molar-refractivity contribution in [1.29, 1.82) is 0 Å². The molecule has 4 rings (SSSR count). The van der Waals surface area contributed by atoms with Crippen LogP contribution in [0.25, 0.3) is 0 Å². The number of nitrogens with zero attached hydrogens (tertiary/aromatic N) is 4. The number of aromatic carboxylic acids is 1. The van der Waals surface area contributed by atoms with Gasteiger partial charge in [0.15, 0.2) is 5.69 Å². The van der Waals surface area contributed by atoms with Crippen LogP contribution < -0.4 is 9.64 Å². The first-order valence-corrected chi connectivity index (χ1v) is 13.8. The lowest BCUT2D eigenvalue weighted by Gasteiger charge is -2.34. The molecule has 218 valence electrons. The summed E-state index contributed by atoms with van der Waals surface area (Å²) in [6.45, 7) is 6.57. The first-order valence-electron chi connectivity index (χ1n) is 13.4. The fourth-order valence-electron chi connectivity index (χ4n) is 4.73. The molecule has 3 aromatic rings. The van der Waals surface area contributed by atoms with Gasteiger partial charge < -0.3 is 24.4 Å². The third-order valence-corrected chi connectivity index (χ3v) is 7.22. The summed E-state index contributed by atoms with van der Waals surface area (Å²) in [6, 6.07) is 13.6. The Morgan fingerprint density at radius 2 is 1.90 bits per heavy atom. The van der Waals surface area contributed by atoms with Gasteiger partial charge >= 0.3 is 5.97 Å². The first kappa shape index (κ1) is 31.8. The van der Waals surface area contributed by atoms with Crippen molar-refractivity contribution in [2.45, 2.75) is 32.3 Å². The van der Waals surface area contributed by atoms with Crippen LogP contribution in [0.15, 0.2) is 48.5 Å². The molecule has 3 heterocycles. The minimum atomic E-state index is -1.04. The van der Waals surface area contributed by atoms with Crippen molar-refractivity contribution in [3.05, 3.63) is 81.9 Å². The van der Waals surface area contributed by atoms with E-state index in [1.54, 1.807) is 31.4 Å². The number of carboxylic acids is 1. The largest absolute Gasteiger partial charge is 0.477 e. The molecule has 0 saturated carbocycles. The number of benzene rings is 1. The predicted molar refractivity (Wildman–Crippen MR) is 158 cm³/mol. The summed E-state index contributed by atoms with van der Waals surface area (Å²) in [7, 11) is 1.65. The standard InChI is InChI=1S/C29H34ClFN4O4.C2H2/c1-20-6-9-26(29(36)37)33-28(20)35(16-17-38-2)15-14-34-12-10-21(11-13-34)25-4-3-5-27(32-25)39-19-22-7-8-23(30)18-24(22)31;1-2/h3-9,18,21H,10-17,19H2,1-2H3,(H,36,37);1-2H. The second-order valence-corrected chi connectivity index (χ2v) is 10.1. The molecule has 8 nitrogen and oxygen atoms in total. The number of anilines is 1. The van der Waals surface area contributed by atoms with E-state index < -0.39 is 11.8 Å². The molecule has 1 N–H and O–H groups in total. The number of piperidine rings is 1. The Balaban J connectivity index is 0.00000226. The molecule has 1 aliphatic heterocycles. The topological polar surface area (TPSA) is 88.0 Å². The number of ether oxygens (including phenoxy) is 2. The fraction of sp³-hybridized carbons (Fsp3) is 0.387. The van der Waals surface area contributed by atoms with Gasteiger partial charge in [-0.25, -0.2) is 19.2 Å². The molecule has 1 saturated heterocycles. The summed E-state index contributed by atoms with van der Waals surface area (Å²) in [5, 5.41) is 9.73. The lowest BCUT2D eigenvalue weighted by molar-refractivity contribution is 0.0690. The van der Waals surface area contributed by atoms with E-state index in [1.165, 1.54) is 12.1 Å². The minimum Gasteiger partial charge on any atom is -0.477 e. The molecule has 1 fully saturated rings. The van der Waals surface area contributed by atoms with Gasteiger partial charge in [0.05, 0.1) is 6.61 Å². The highest BCUT2D eigenvalue weighted by atomic mass is 35.5. The average molecular weight is 583 g/mol. The maximum Gasteiger partial charge on any atom is 0.354 e. The number of hydrogen-bond donors (Lipinski definition) is 1. The van der Waals surface area contributed by atoms with Crippen molar-refractivity contribution in [2.75, 3.05) is 51.3 Å². The summed E-state index contributed by atoms with van der Waals surface area (Å²) in [5.41, 5.74) is 2.38. The van der Waals surface area contributed by atoms with E-state index in [0.29, 0.717) is 47.9 Å². The number of hydrogen-bond acceptors (Lipinski definition) is 7. The Hall–Kier alpha value is -3.71. The van der Waals surface area contributed by atoms with Crippen molar-refractivity contribution in [2.24, 2.45) is 0 Å². The second-order valence-electron chi connectivity index (χ2n) is 9.66. The van der Waals surface area contributed by atoms with Crippen molar-refractivity contribution in [1.82, 2.24) is 14.9 Å². The number of likely N-dealkylation sites (tertiary alicyclic amines) is 1. The summed E-state index contributed by atoms with van der Waals surface area (Å²) in [5.74, 6) is 0.0428. The van der Waals surface area contributed by atoms with Crippen LogP contribution in [0, 0.1) is 25.6 Å². The number of carbonyl (C=O) groups is 1. The van der Waals surface area contributed by atoms with Gasteiger partial charge in [-0.3, -0.25) is 0 Å². The second kappa shape index (κ2) is 15.9. The zero-order valence-corrected chi connectivity index (χ0v) is 24.2. The van der Waals surface area contributed by atoms with Crippen LogP contribution in [0.2, 0.25) is 5.02 Å².